The van der Waals surface area contributed by atoms with Gasteiger partial charge in [0, 0.05) is 17.0 Å². The molecule has 0 saturated carbocycles. The number of nitrogens with zero attached hydrogens (tertiary/aromatic N) is 2. The molecule has 100 valence electrons. The molecule has 1 atom stereocenters. The molecule has 1 aromatic carbocycles. The van der Waals surface area contributed by atoms with Gasteiger partial charge in [0.25, 0.3) is 0 Å². The van der Waals surface area contributed by atoms with E-state index in [9.17, 15) is 9.90 Å². The highest BCUT2D eigenvalue weighted by Crippen LogP contribution is 2.29. The van der Waals surface area contributed by atoms with Crippen molar-refractivity contribution in [3.8, 4) is 0 Å². The number of carboxylic acid groups (broad SMARTS) is 1. The molecule has 1 aliphatic heterocycles. The summed E-state index contributed by atoms with van der Waals surface area (Å²) in [5.41, 5.74) is 0.748. The van der Waals surface area contributed by atoms with Crippen LogP contribution in [0.4, 0.5) is 0 Å². The summed E-state index contributed by atoms with van der Waals surface area (Å²) >= 11 is 5.99. The van der Waals surface area contributed by atoms with Crippen molar-refractivity contribution in [2.75, 3.05) is 6.61 Å². The molecule has 6 heteroatoms. The van der Waals surface area contributed by atoms with Crippen LogP contribution in [0.25, 0.3) is 10.9 Å². The van der Waals surface area contributed by atoms with E-state index in [0.717, 1.165) is 19.3 Å². The van der Waals surface area contributed by atoms with E-state index in [0.29, 0.717) is 22.5 Å². The van der Waals surface area contributed by atoms with Gasteiger partial charge in [-0.25, -0.2) is 9.48 Å². The Kier molecular flexibility index (Phi) is 3.16. The summed E-state index contributed by atoms with van der Waals surface area (Å²) in [7, 11) is 0. The second-order valence-electron chi connectivity index (χ2n) is 4.58. The maximum Gasteiger partial charge on any atom is 0.357 e. The minimum atomic E-state index is -1.04. The van der Waals surface area contributed by atoms with Crippen LogP contribution in [0.5, 0.6) is 0 Å². The molecule has 5 nitrogen and oxygen atoms in total. The van der Waals surface area contributed by atoms with Gasteiger partial charge in [-0.05, 0) is 37.5 Å². The van der Waals surface area contributed by atoms with Crippen molar-refractivity contribution in [3.63, 3.8) is 0 Å². The van der Waals surface area contributed by atoms with Crippen LogP contribution in [0, 0.1) is 0 Å². The zero-order valence-electron chi connectivity index (χ0n) is 10.2. The third-order valence-electron chi connectivity index (χ3n) is 3.30. The van der Waals surface area contributed by atoms with Gasteiger partial charge in [0.15, 0.2) is 11.9 Å². The Bertz CT molecular complexity index is 632. The number of benzene rings is 1. The van der Waals surface area contributed by atoms with Gasteiger partial charge >= 0.3 is 5.97 Å². The first-order chi connectivity index (χ1) is 9.16. The monoisotopic (exact) mass is 280 g/mol. The highest BCUT2D eigenvalue weighted by molar-refractivity contribution is 6.31. The van der Waals surface area contributed by atoms with E-state index in [-0.39, 0.29) is 11.9 Å². The standard InChI is InChI=1S/C13H13ClN2O3/c14-8-4-5-9-10(7-8)16(15-12(9)13(17)18)11-3-1-2-6-19-11/h4-5,7,11H,1-3,6H2,(H,17,18). The predicted octanol–water partition coefficient (Wildman–Crippen LogP) is 3.09. The maximum absolute atomic E-state index is 11.2. The summed E-state index contributed by atoms with van der Waals surface area (Å²) in [6, 6.07) is 5.09. The van der Waals surface area contributed by atoms with E-state index in [1.54, 1.807) is 22.9 Å². The Balaban J connectivity index is 2.17. The van der Waals surface area contributed by atoms with E-state index in [2.05, 4.69) is 5.10 Å². The van der Waals surface area contributed by atoms with Crippen LogP contribution >= 0.6 is 11.6 Å². The number of hydrogen-bond donors (Lipinski definition) is 1. The van der Waals surface area contributed by atoms with Crippen molar-refractivity contribution in [1.82, 2.24) is 9.78 Å². The summed E-state index contributed by atoms with van der Waals surface area (Å²) < 4.78 is 7.31. The molecule has 1 fully saturated rings. The molecule has 1 unspecified atom stereocenters. The number of rotatable bonds is 2. The predicted molar refractivity (Wildman–Crippen MR) is 70.5 cm³/mol. The molecule has 1 saturated heterocycles. The lowest BCUT2D eigenvalue weighted by Crippen LogP contribution is -2.19. The molecule has 1 aliphatic rings. The molecule has 0 amide bonds. The SMILES string of the molecule is O=C(O)c1nn(C2CCCCO2)c2cc(Cl)ccc12. The zero-order chi connectivity index (χ0) is 13.4. The normalized spacial score (nSPS) is 19.7. The Labute approximate surface area is 114 Å². The Hall–Kier alpha value is -1.59. The number of ether oxygens (including phenoxy) is 1. The minimum Gasteiger partial charge on any atom is -0.476 e. The van der Waals surface area contributed by atoms with Crippen molar-refractivity contribution in [3.05, 3.63) is 28.9 Å². The molecule has 1 N–H and O–H groups in total. The third-order valence-corrected chi connectivity index (χ3v) is 3.54. The fourth-order valence-corrected chi connectivity index (χ4v) is 2.57. The topological polar surface area (TPSA) is 64.3 Å². The lowest BCUT2D eigenvalue weighted by Gasteiger charge is -2.23. The van der Waals surface area contributed by atoms with E-state index >= 15 is 0 Å². The lowest BCUT2D eigenvalue weighted by molar-refractivity contribution is -0.0368. The largest absolute Gasteiger partial charge is 0.476 e. The van der Waals surface area contributed by atoms with Crippen molar-refractivity contribution in [2.45, 2.75) is 25.5 Å². The molecule has 2 aromatic rings. The van der Waals surface area contributed by atoms with E-state index < -0.39 is 5.97 Å². The first-order valence-corrected chi connectivity index (χ1v) is 6.57. The highest BCUT2D eigenvalue weighted by Gasteiger charge is 2.23. The average molecular weight is 281 g/mol. The molecule has 0 radical (unpaired) electrons. The van der Waals surface area contributed by atoms with Gasteiger partial charge in [-0.2, -0.15) is 5.10 Å². The molecule has 19 heavy (non-hydrogen) atoms. The summed E-state index contributed by atoms with van der Waals surface area (Å²) in [5.74, 6) is -1.04. The third kappa shape index (κ3) is 2.19. The van der Waals surface area contributed by atoms with Crippen LogP contribution in [-0.4, -0.2) is 27.5 Å². The Morgan fingerprint density at radius 2 is 2.32 bits per heavy atom. The Morgan fingerprint density at radius 1 is 1.47 bits per heavy atom. The fraction of sp³-hybridized carbons (Fsp3) is 0.385. The fourth-order valence-electron chi connectivity index (χ4n) is 2.40. The molecular formula is C13H13ClN2O3. The van der Waals surface area contributed by atoms with Crippen molar-refractivity contribution < 1.29 is 14.6 Å². The first-order valence-electron chi connectivity index (χ1n) is 6.19. The van der Waals surface area contributed by atoms with Gasteiger partial charge in [-0.3, -0.25) is 0 Å². The molecule has 0 spiro atoms. The number of carbonyl (C=O) groups is 1. The number of carboxylic acids is 1. The molecular weight excluding hydrogens is 268 g/mol. The van der Waals surface area contributed by atoms with Gasteiger partial charge in [-0.1, -0.05) is 11.6 Å². The van der Waals surface area contributed by atoms with Gasteiger partial charge in [0.05, 0.1) is 5.52 Å². The van der Waals surface area contributed by atoms with Crippen LogP contribution in [0.15, 0.2) is 18.2 Å². The van der Waals surface area contributed by atoms with Crippen LogP contribution in [0.1, 0.15) is 36.0 Å². The number of hydrogen-bond acceptors (Lipinski definition) is 3. The van der Waals surface area contributed by atoms with Crippen molar-refractivity contribution in [1.29, 1.82) is 0 Å². The first kappa shape index (κ1) is 12.4. The average Bonchev–Trinajstić information content (AvgIpc) is 2.78. The molecule has 3 rings (SSSR count). The lowest BCUT2D eigenvalue weighted by atomic mass is 10.1. The second kappa shape index (κ2) is 4.83. The van der Waals surface area contributed by atoms with Gasteiger partial charge in [0.2, 0.25) is 0 Å². The van der Waals surface area contributed by atoms with Crippen LogP contribution in [-0.2, 0) is 4.74 Å². The van der Waals surface area contributed by atoms with Crippen molar-refractivity contribution >= 4 is 28.5 Å². The number of halogens is 1. The highest BCUT2D eigenvalue weighted by atomic mass is 35.5. The van der Waals surface area contributed by atoms with E-state index in [4.69, 9.17) is 16.3 Å². The zero-order valence-corrected chi connectivity index (χ0v) is 10.9. The van der Waals surface area contributed by atoms with Crippen LogP contribution < -0.4 is 0 Å². The maximum atomic E-state index is 11.2. The van der Waals surface area contributed by atoms with Gasteiger partial charge in [0.1, 0.15) is 0 Å². The quantitative estimate of drug-likeness (QED) is 0.918. The number of aromatic nitrogens is 2. The number of aromatic carboxylic acids is 1. The summed E-state index contributed by atoms with van der Waals surface area (Å²) in [6.45, 7) is 0.676. The molecule has 2 heterocycles. The van der Waals surface area contributed by atoms with E-state index in [1.165, 1.54) is 0 Å². The smallest absolute Gasteiger partial charge is 0.357 e. The minimum absolute atomic E-state index is 0.0424. The summed E-state index contributed by atoms with van der Waals surface area (Å²) in [5, 5.41) is 14.5. The van der Waals surface area contributed by atoms with Gasteiger partial charge in [-0.15, -0.1) is 0 Å². The summed E-state index contributed by atoms with van der Waals surface area (Å²) in [6.07, 6.45) is 2.71. The summed E-state index contributed by atoms with van der Waals surface area (Å²) in [4.78, 5) is 11.2. The van der Waals surface area contributed by atoms with Crippen LogP contribution in [0.3, 0.4) is 0 Å². The second-order valence-corrected chi connectivity index (χ2v) is 5.02. The van der Waals surface area contributed by atoms with E-state index in [1.807, 2.05) is 0 Å². The van der Waals surface area contributed by atoms with Gasteiger partial charge < -0.3 is 9.84 Å². The molecule has 0 bridgehead atoms. The Morgan fingerprint density at radius 3 is 3.00 bits per heavy atom. The van der Waals surface area contributed by atoms with Crippen molar-refractivity contribution in [2.24, 2.45) is 0 Å². The molecule has 1 aromatic heterocycles. The number of fused-ring (bicyclic) bond motifs is 1. The molecule has 0 aliphatic carbocycles. The van der Waals surface area contributed by atoms with Crippen LogP contribution in [0.2, 0.25) is 5.02 Å².